The van der Waals surface area contributed by atoms with Crippen LogP contribution in [-0.2, 0) is 9.53 Å². The van der Waals surface area contributed by atoms with Gasteiger partial charge in [0.25, 0.3) is 0 Å². The first-order valence-electron chi connectivity index (χ1n) is 9.27. The van der Waals surface area contributed by atoms with Gasteiger partial charge < -0.3 is 14.6 Å². The van der Waals surface area contributed by atoms with Crippen LogP contribution in [0.4, 0.5) is 0 Å². The molecular weight excluding hydrogens is 372 g/mol. The Bertz CT molecular complexity index is 1130. The lowest BCUT2D eigenvalue weighted by atomic mass is 10.1. The van der Waals surface area contributed by atoms with Gasteiger partial charge in [-0.25, -0.2) is 14.6 Å². The third-order valence-electron chi connectivity index (χ3n) is 4.97. The highest BCUT2D eigenvalue weighted by molar-refractivity contribution is 5.80. The smallest absolute Gasteiger partial charge is 0.207 e. The van der Waals surface area contributed by atoms with Gasteiger partial charge >= 0.3 is 0 Å². The van der Waals surface area contributed by atoms with Gasteiger partial charge in [-0.1, -0.05) is 11.3 Å². The van der Waals surface area contributed by atoms with Gasteiger partial charge in [0, 0.05) is 12.3 Å². The number of nitrogens with zero attached hydrogens (tertiary/aromatic N) is 7. The molecule has 0 spiro atoms. The van der Waals surface area contributed by atoms with Crippen molar-refractivity contribution in [2.24, 2.45) is 0 Å². The van der Waals surface area contributed by atoms with Gasteiger partial charge in [0.1, 0.15) is 11.2 Å². The highest BCUT2D eigenvalue weighted by atomic mass is 16.5. The summed E-state index contributed by atoms with van der Waals surface area (Å²) in [5, 5.41) is 10.7. The molecule has 4 aromatic heterocycles. The molecule has 4 aromatic rings. The minimum absolute atomic E-state index is 0.0193. The summed E-state index contributed by atoms with van der Waals surface area (Å²) in [4.78, 5) is 24.7. The number of nitrogens with one attached hydrogen (secondary N) is 1. The summed E-state index contributed by atoms with van der Waals surface area (Å²) < 4.78 is 9.51. The monoisotopic (exact) mass is 390 g/mol. The molecule has 5 heterocycles. The fourth-order valence-corrected chi connectivity index (χ4v) is 3.69. The summed E-state index contributed by atoms with van der Waals surface area (Å²) in [6, 6.07) is 7.58. The van der Waals surface area contributed by atoms with Gasteiger partial charge in [-0.2, -0.15) is 0 Å². The molecule has 29 heavy (non-hydrogen) atoms. The molecule has 2 unspecified atom stereocenters. The zero-order chi connectivity index (χ0) is 19.6. The molecule has 0 aromatic carbocycles. The van der Waals surface area contributed by atoms with Crippen molar-refractivity contribution in [2.75, 3.05) is 13.2 Å². The number of rotatable bonds is 5. The number of carbonyl (C=O) groups is 1. The number of amides is 1. The van der Waals surface area contributed by atoms with E-state index in [-0.39, 0.29) is 12.1 Å². The van der Waals surface area contributed by atoms with Crippen molar-refractivity contribution < 1.29 is 9.53 Å². The Balaban J connectivity index is 1.67. The van der Waals surface area contributed by atoms with Crippen LogP contribution in [0, 0.1) is 0 Å². The molecule has 1 amide bonds. The number of hydrogen-bond donors (Lipinski definition) is 1. The minimum atomic E-state index is -0.0584. The average Bonchev–Trinajstić information content (AvgIpc) is 3.42. The molecule has 2 atom stereocenters. The maximum absolute atomic E-state index is 10.9. The predicted molar refractivity (Wildman–Crippen MR) is 103 cm³/mol. The Morgan fingerprint density at radius 2 is 2.17 bits per heavy atom. The molecule has 0 aliphatic carbocycles. The lowest BCUT2D eigenvalue weighted by molar-refractivity contribution is -0.111. The first kappa shape index (κ1) is 17.4. The van der Waals surface area contributed by atoms with Gasteiger partial charge in [0.15, 0.2) is 11.6 Å². The largest absolute Gasteiger partial charge is 0.377 e. The summed E-state index contributed by atoms with van der Waals surface area (Å²) >= 11 is 0. The van der Waals surface area contributed by atoms with Crippen LogP contribution < -0.4 is 5.32 Å². The van der Waals surface area contributed by atoms with E-state index >= 15 is 0 Å². The van der Waals surface area contributed by atoms with Crippen LogP contribution >= 0.6 is 0 Å². The summed E-state index contributed by atoms with van der Waals surface area (Å²) in [5.74, 6) is 1.38. The fraction of sp³-hybridized carbons (Fsp3) is 0.263. The zero-order valence-electron chi connectivity index (χ0n) is 15.4. The molecule has 1 saturated heterocycles. The van der Waals surface area contributed by atoms with Gasteiger partial charge in [-0.3, -0.25) is 9.78 Å². The second-order valence-corrected chi connectivity index (χ2v) is 6.81. The van der Waals surface area contributed by atoms with Gasteiger partial charge in [-0.15, -0.1) is 5.10 Å². The van der Waals surface area contributed by atoms with E-state index in [1.165, 1.54) is 0 Å². The van der Waals surface area contributed by atoms with Crippen LogP contribution in [0.25, 0.3) is 28.4 Å². The van der Waals surface area contributed by atoms with E-state index in [4.69, 9.17) is 9.72 Å². The van der Waals surface area contributed by atoms with Crippen molar-refractivity contribution in [1.29, 1.82) is 0 Å². The predicted octanol–water partition coefficient (Wildman–Crippen LogP) is 1.15. The standard InChI is InChI=1S/C19H18N8O2/c28-12-22-13-7-14(11-29-10-13)27-17-8-18(26-6-5-23-25-26)21-9-16(17)24-19(27)15-3-1-2-4-20-15/h1-6,8-9,12-14H,7,10-11H2,(H,22,28). The molecule has 10 heteroatoms. The van der Waals surface area contributed by atoms with Crippen molar-refractivity contribution in [3.8, 4) is 17.3 Å². The fourth-order valence-electron chi connectivity index (χ4n) is 3.69. The number of ether oxygens (including phenoxy) is 1. The molecule has 0 saturated carbocycles. The first-order chi connectivity index (χ1) is 14.3. The van der Waals surface area contributed by atoms with E-state index in [0.29, 0.717) is 19.0 Å². The van der Waals surface area contributed by atoms with E-state index in [0.717, 1.165) is 35.4 Å². The molecular formula is C19H18N8O2. The molecule has 0 radical (unpaired) electrons. The Morgan fingerprint density at radius 1 is 1.21 bits per heavy atom. The van der Waals surface area contributed by atoms with Crippen molar-refractivity contribution in [2.45, 2.75) is 18.5 Å². The first-order valence-corrected chi connectivity index (χ1v) is 9.27. The molecule has 146 valence electrons. The number of hydrogen-bond acceptors (Lipinski definition) is 7. The van der Waals surface area contributed by atoms with Crippen molar-refractivity contribution in [1.82, 2.24) is 39.8 Å². The topological polar surface area (TPSA) is 113 Å². The summed E-state index contributed by atoms with van der Waals surface area (Å²) in [6.45, 7) is 1.01. The van der Waals surface area contributed by atoms with Crippen molar-refractivity contribution in [3.05, 3.63) is 49.1 Å². The van der Waals surface area contributed by atoms with E-state index in [2.05, 4.69) is 30.2 Å². The number of aromatic nitrogens is 7. The molecule has 5 rings (SSSR count). The van der Waals surface area contributed by atoms with Crippen LogP contribution in [0.3, 0.4) is 0 Å². The minimum Gasteiger partial charge on any atom is -0.377 e. The lowest BCUT2D eigenvalue weighted by Gasteiger charge is -2.31. The molecule has 1 aliphatic rings. The van der Waals surface area contributed by atoms with Gasteiger partial charge in [-0.05, 0) is 18.6 Å². The maximum atomic E-state index is 10.9. The number of carbonyl (C=O) groups excluding carboxylic acids is 1. The third-order valence-corrected chi connectivity index (χ3v) is 4.97. The van der Waals surface area contributed by atoms with E-state index in [9.17, 15) is 4.79 Å². The lowest BCUT2D eigenvalue weighted by Crippen LogP contribution is -2.40. The van der Waals surface area contributed by atoms with Crippen LogP contribution in [0.15, 0.2) is 49.1 Å². The Hall–Kier alpha value is -3.66. The average molecular weight is 390 g/mol. The molecule has 1 fully saturated rings. The van der Waals surface area contributed by atoms with Crippen LogP contribution in [0.2, 0.25) is 0 Å². The molecule has 1 aliphatic heterocycles. The van der Waals surface area contributed by atoms with Gasteiger partial charge in [0.2, 0.25) is 6.41 Å². The number of fused-ring (bicyclic) bond motifs is 1. The maximum Gasteiger partial charge on any atom is 0.207 e. The molecule has 1 N–H and O–H groups in total. The summed E-state index contributed by atoms with van der Waals surface area (Å²) in [5.41, 5.74) is 2.41. The van der Waals surface area contributed by atoms with Crippen LogP contribution in [0.5, 0.6) is 0 Å². The normalized spacial score (nSPS) is 19.3. The number of pyridine rings is 2. The highest BCUT2D eigenvalue weighted by Gasteiger charge is 2.28. The van der Waals surface area contributed by atoms with Crippen LogP contribution in [-0.4, -0.2) is 60.2 Å². The Labute approximate surface area is 165 Å². The van der Waals surface area contributed by atoms with Crippen molar-refractivity contribution >= 4 is 17.4 Å². The summed E-state index contributed by atoms with van der Waals surface area (Å²) in [6.07, 6.45) is 8.25. The van der Waals surface area contributed by atoms with Gasteiger partial charge in [0.05, 0.1) is 49.4 Å². The molecule has 10 nitrogen and oxygen atoms in total. The van der Waals surface area contributed by atoms with Crippen molar-refractivity contribution in [3.63, 3.8) is 0 Å². The Morgan fingerprint density at radius 3 is 2.97 bits per heavy atom. The van der Waals surface area contributed by atoms with Crippen LogP contribution in [0.1, 0.15) is 12.5 Å². The zero-order valence-corrected chi connectivity index (χ0v) is 15.4. The quantitative estimate of drug-likeness (QED) is 0.509. The second kappa shape index (κ2) is 7.40. The third kappa shape index (κ3) is 3.23. The second-order valence-electron chi connectivity index (χ2n) is 6.81. The molecule has 0 bridgehead atoms. The SMILES string of the molecule is O=CNC1COCC(n2c(-c3ccccn3)nc3cnc(-n4ccnn4)cc32)C1. The highest BCUT2D eigenvalue weighted by Crippen LogP contribution is 2.31. The van der Waals surface area contributed by atoms with E-state index < -0.39 is 0 Å². The summed E-state index contributed by atoms with van der Waals surface area (Å²) in [7, 11) is 0. The van der Waals surface area contributed by atoms with E-state index in [1.54, 1.807) is 29.5 Å². The number of imidazole rings is 1. The van der Waals surface area contributed by atoms with E-state index in [1.807, 2.05) is 24.3 Å². The Kier molecular flexibility index (Phi) is 4.45.